The first kappa shape index (κ1) is 14.3. The zero-order chi connectivity index (χ0) is 12.8. The Morgan fingerprint density at radius 3 is 2.82 bits per heavy atom. The summed E-state index contributed by atoms with van der Waals surface area (Å²) in [6.07, 6.45) is -3.28. The Bertz CT molecular complexity index is 244. The van der Waals surface area contributed by atoms with Crippen molar-refractivity contribution < 1.29 is 24.1 Å². The van der Waals surface area contributed by atoms with Crippen LogP contribution in [0.2, 0.25) is 0 Å². The third-order valence-corrected chi connectivity index (χ3v) is 2.82. The van der Waals surface area contributed by atoms with Crippen molar-refractivity contribution in [3.05, 3.63) is 0 Å². The molecule has 0 aromatic rings. The number of amides is 1. The highest BCUT2D eigenvalue weighted by Crippen LogP contribution is 2.25. The van der Waals surface area contributed by atoms with Crippen molar-refractivity contribution in [2.24, 2.45) is 0 Å². The summed E-state index contributed by atoms with van der Waals surface area (Å²) in [6, 6.07) is 0. The Kier molecular flexibility index (Phi) is 5.76. The van der Waals surface area contributed by atoms with Crippen molar-refractivity contribution >= 4 is 6.41 Å². The summed E-state index contributed by atoms with van der Waals surface area (Å²) in [7, 11) is 1.67. The molecule has 0 saturated carbocycles. The number of hydrogen-bond acceptors (Lipinski definition) is 5. The molecular weight excluding hydrogens is 231 g/mol. The van der Waals surface area contributed by atoms with Crippen LogP contribution in [0, 0.1) is 0 Å². The highest BCUT2D eigenvalue weighted by Gasteiger charge is 2.45. The molecule has 3 N–H and O–H groups in total. The van der Waals surface area contributed by atoms with Crippen LogP contribution in [0.4, 0.5) is 4.39 Å². The fourth-order valence-electron chi connectivity index (χ4n) is 1.82. The van der Waals surface area contributed by atoms with E-state index < -0.39 is 31.2 Å². The molecule has 100 valence electrons. The van der Waals surface area contributed by atoms with Crippen molar-refractivity contribution in [2.75, 3.05) is 26.7 Å². The molecule has 0 spiro atoms. The number of rotatable bonds is 7. The molecule has 0 bridgehead atoms. The normalized spacial score (nSPS) is 33.0. The van der Waals surface area contributed by atoms with Gasteiger partial charge in [-0.05, 0) is 13.5 Å². The molecule has 1 amide bonds. The highest BCUT2D eigenvalue weighted by atomic mass is 19.1. The lowest BCUT2D eigenvalue weighted by molar-refractivity contribution is -0.109. The van der Waals surface area contributed by atoms with E-state index in [1.54, 1.807) is 11.9 Å². The molecule has 0 aliphatic carbocycles. The van der Waals surface area contributed by atoms with E-state index in [0.29, 0.717) is 25.9 Å². The van der Waals surface area contributed by atoms with Gasteiger partial charge >= 0.3 is 0 Å². The second-order valence-corrected chi connectivity index (χ2v) is 4.09. The van der Waals surface area contributed by atoms with Gasteiger partial charge in [-0.15, -0.1) is 0 Å². The van der Waals surface area contributed by atoms with Crippen molar-refractivity contribution in [3.8, 4) is 0 Å². The predicted molar refractivity (Wildman–Crippen MR) is 58.0 cm³/mol. The van der Waals surface area contributed by atoms with E-state index >= 15 is 0 Å². The van der Waals surface area contributed by atoms with Gasteiger partial charge < -0.3 is 20.3 Å². The molecule has 6 nitrogen and oxygen atoms in total. The van der Waals surface area contributed by atoms with Crippen molar-refractivity contribution in [1.82, 2.24) is 10.2 Å². The number of hydrogen-bond donors (Lipinski definition) is 3. The van der Waals surface area contributed by atoms with E-state index in [1.165, 1.54) is 0 Å². The molecule has 1 fully saturated rings. The number of carbonyl (C=O) groups excluding carboxylic acids is 1. The Morgan fingerprint density at radius 1 is 1.59 bits per heavy atom. The number of alkyl halides is 1. The predicted octanol–water partition coefficient (Wildman–Crippen LogP) is -1.53. The summed E-state index contributed by atoms with van der Waals surface area (Å²) in [6.45, 7) is 0.624. The quantitative estimate of drug-likeness (QED) is 0.377. The van der Waals surface area contributed by atoms with Gasteiger partial charge in [-0.25, -0.2) is 4.39 Å². The van der Waals surface area contributed by atoms with Gasteiger partial charge in [0.15, 0.2) is 6.17 Å². The maximum Gasteiger partial charge on any atom is 0.207 e. The van der Waals surface area contributed by atoms with E-state index in [-0.39, 0.29) is 0 Å². The van der Waals surface area contributed by atoms with Crippen LogP contribution < -0.4 is 5.32 Å². The molecule has 1 rings (SSSR count). The third kappa shape index (κ3) is 3.60. The standard InChI is InChI=1S/C10H19FN2O4/c1-13(4-2-3-12-6-15)10-8(11)9(16)7(5-14)17-10/h6-10,14,16H,2-5H2,1H3,(H,12,15)/t7-,8+,9-,10?/m1/s1. The molecule has 7 heteroatoms. The fourth-order valence-corrected chi connectivity index (χ4v) is 1.82. The number of nitrogens with one attached hydrogen (secondary N) is 1. The first-order valence-electron chi connectivity index (χ1n) is 5.57. The minimum absolute atomic E-state index is 0.404. The SMILES string of the molecule is CN(CCCNC=O)C1O[C@H](CO)[C@@H](O)[C@@H]1F. The van der Waals surface area contributed by atoms with Crippen molar-refractivity contribution in [1.29, 1.82) is 0 Å². The summed E-state index contributed by atoms with van der Waals surface area (Å²) in [5.41, 5.74) is 0. The largest absolute Gasteiger partial charge is 0.394 e. The molecule has 0 aromatic heterocycles. The van der Waals surface area contributed by atoms with Gasteiger partial charge in [-0.1, -0.05) is 0 Å². The molecule has 0 aromatic carbocycles. The summed E-state index contributed by atoms with van der Waals surface area (Å²) in [5, 5.41) is 20.8. The lowest BCUT2D eigenvalue weighted by atomic mass is 10.1. The topological polar surface area (TPSA) is 82.0 Å². The van der Waals surface area contributed by atoms with E-state index in [9.17, 15) is 14.3 Å². The molecule has 4 atom stereocenters. The summed E-state index contributed by atoms with van der Waals surface area (Å²) in [5.74, 6) is 0. The van der Waals surface area contributed by atoms with E-state index in [0.717, 1.165) is 0 Å². The van der Waals surface area contributed by atoms with Gasteiger partial charge in [0, 0.05) is 13.1 Å². The number of ether oxygens (including phenoxy) is 1. The second kappa shape index (κ2) is 6.85. The summed E-state index contributed by atoms with van der Waals surface area (Å²) in [4.78, 5) is 11.6. The summed E-state index contributed by atoms with van der Waals surface area (Å²) < 4.78 is 18.9. The van der Waals surface area contributed by atoms with Gasteiger partial charge in [0.05, 0.1) is 6.61 Å². The van der Waals surface area contributed by atoms with E-state index in [4.69, 9.17) is 9.84 Å². The van der Waals surface area contributed by atoms with Crippen LogP contribution >= 0.6 is 0 Å². The zero-order valence-electron chi connectivity index (χ0n) is 9.75. The Morgan fingerprint density at radius 2 is 2.29 bits per heavy atom. The van der Waals surface area contributed by atoms with Crippen LogP contribution in [0.3, 0.4) is 0 Å². The zero-order valence-corrected chi connectivity index (χ0v) is 9.75. The van der Waals surface area contributed by atoms with Gasteiger partial charge in [0.1, 0.15) is 18.4 Å². The fraction of sp³-hybridized carbons (Fsp3) is 0.900. The van der Waals surface area contributed by atoms with Gasteiger partial charge in [0.2, 0.25) is 6.41 Å². The van der Waals surface area contributed by atoms with Crippen LogP contribution in [0.15, 0.2) is 0 Å². The van der Waals surface area contributed by atoms with E-state index in [2.05, 4.69) is 5.32 Å². The van der Waals surface area contributed by atoms with Crippen molar-refractivity contribution in [2.45, 2.75) is 31.0 Å². The highest BCUT2D eigenvalue weighted by molar-refractivity contribution is 5.45. The Hall–Kier alpha value is -0.760. The molecule has 1 unspecified atom stereocenters. The van der Waals surface area contributed by atoms with Crippen LogP contribution in [0.25, 0.3) is 0 Å². The summed E-state index contributed by atoms with van der Waals surface area (Å²) >= 11 is 0. The molecular formula is C10H19FN2O4. The smallest absolute Gasteiger partial charge is 0.207 e. The molecule has 1 aliphatic heterocycles. The average molecular weight is 250 g/mol. The molecule has 1 heterocycles. The molecule has 17 heavy (non-hydrogen) atoms. The maximum atomic E-state index is 13.6. The minimum atomic E-state index is -1.53. The van der Waals surface area contributed by atoms with E-state index in [1.807, 2.05) is 0 Å². The first-order chi connectivity index (χ1) is 8.11. The average Bonchev–Trinajstić information content (AvgIpc) is 2.61. The number of aliphatic hydroxyl groups excluding tert-OH is 2. The van der Waals surface area contributed by atoms with Crippen molar-refractivity contribution in [3.63, 3.8) is 0 Å². The van der Waals surface area contributed by atoms with Crippen LogP contribution in [0.5, 0.6) is 0 Å². The van der Waals surface area contributed by atoms with Crippen LogP contribution in [-0.2, 0) is 9.53 Å². The monoisotopic (exact) mass is 250 g/mol. The number of nitrogens with zero attached hydrogens (tertiary/aromatic N) is 1. The van der Waals surface area contributed by atoms with Crippen LogP contribution in [0.1, 0.15) is 6.42 Å². The second-order valence-electron chi connectivity index (χ2n) is 4.09. The lowest BCUT2D eigenvalue weighted by Gasteiger charge is -2.25. The van der Waals surface area contributed by atoms with Crippen LogP contribution in [-0.4, -0.2) is 72.9 Å². The molecule has 0 radical (unpaired) electrons. The Balaban J connectivity index is 2.36. The Labute approximate surface area is 99.4 Å². The van der Waals surface area contributed by atoms with Gasteiger partial charge in [-0.2, -0.15) is 0 Å². The number of carbonyl (C=O) groups is 1. The minimum Gasteiger partial charge on any atom is -0.394 e. The first-order valence-corrected chi connectivity index (χ1v) is 5.57. The number of aliphatic hydroxyl groups is 2. The number of halogens is 1. The van der Waals surface area contributed by atoms with Gasteiger partial charge in [0.25, 0.3) is 0 Å². The molecule has 1 aliphatic rings. The maximum absolute atomic E-state index is 13.6. The molecule has 1 saturated heterocycles. The lowest BCUT2D eigenvalue weighted by Crippen LogP contribution is -2.40. The van der Waals surface area contributed by atoms with Gasteiger partial charge in [-0.3, -0.25) is 9.69 Å². The third-order valence-electron chi connectivity index (χ3n) is 2.82.